The van der Waals surface area contributed by atoms with Gasteiger partial charge in [-0.3, -0.25) is 4.79 Å². The lowest BCUT2D eigenvalue weighted by atomic mass is 10.1. The molecule has 2 N–H and O–H groups in total. The zero-order chi connectivity index (χ0) is 21.6. The van der Waals surface area contributed by atoms with Crippen molar-refractivity contribution < 1.29 is 13.2 Å². The Bertz CT molecular complexity index is 1100. The van der Waals surface area contributed by atoms with Crippen molar-refractivity contribution in [1.29, 1.82) is 0 Å². The molecule has 5 nitrogen and oxygen atoms in total. The summed E-state index contributed by atoms with van der Waals surface area (Å²) in [5.74, 6) is -0.419. The number of benzene rings is 3. The van der Waals surface area contributed by atoms with Gasteiger partial charge < -0.3 is 5.32 Å². The molecule has 0 aliphatic rings. The first kappa shape index (κ1) is 22.0. The largest absolute Gasteiger partial charge is 0.324 e. The minimum absolute atomic E-state index is 0.0479. The van der Waals surface area contributed by atoms with Gasteiger partial charge in [-0.2, -0.15) is 4.72 Å². The molecule has 0 radical (unpaired) electrons. The van der Waals surface area contributed by atoms with Gasteiger partial charge in [-0.1, -0.05) is 67.1 Å². The molecular formula is C23H23ClN2O3S. The number of nitrogens with one attached hydrogen (secondary N) is 2. The van der Waals surface area contributed by atoms with Crippen molar-refractivity contribution in [3.63, 3.8) is 0 Å². The summed E-state index contributed by atoms with van der Waals surface area (Å²) in [6.45, 7) is 2.00. The molecule has 3 rings (SSSR count). The molecule has 3 aromatic rings. The van der Waals surface area contributed by atoms with Crippen LogP contribution in [-0.2, 0) is 27.7 Å². The molecular weight excluding hydrogens is 420 g/mol. The highest BCUT2D eigenvalue weighted by molar-refractivity contribution is 7.89. The Morgan fingerprint density at radius 3 is 2.23 bits per heavy atom. The summed E-state index contributed by atoms with van der Waals surface area (Å²) < 4.78 is 28.3. The number of hydrogen-bond donors (Lipinski definition) is 2. The highest BCUT2D eigenvalue weighted by Crippen LogP contribution is 2.18. The number of halogens is 1. The van der Waals surface area contributed by atoms with Gasteiger partial charge in [-0.05, 0) is 54.3 Å². The summed E-state index contributed by atoms with van der Waals surface area (Å²) in [6, 6.07) is 21.6. The molecule has 1 atom stereocenters. The van der Waals surface area contributed by atoms with Crippen LogP contribution in [0.2, 0.25) is 5.02 Å². The minimum atomic E-state index is -3.92. The van der Waals surface area contributed by atoms with E-state index in [0.717, 1.165) is 17.5 Å². The number of hydrogen-bond acceptors (Lipinski definition) is 3. The number of rotatable bonds is 8. The fourth-order valence-electron chi connectivity index (χ4n) is 3.08. The number of amides is 1. The van der Waals surface area contributed by atoms with Crippen LogP contribution >= 0.6 is 11.6 Å². The Kier molecular flexibility index (Phi) is 7.26. The van der Waals surface area contributed by atoms with Crippen molar-refractivity contribution in [1.82, 2.24) is 4.72 Å². The molecule has 156 valence electrons. The maximum absolute atomic E-state index is 13.1. The zero-order valence-corrected chi connectivity index (χ0v) is 18.1. The predicted molar refractivity (Wildman–Crippen MR) is 120 cm³/mol. The van der Waals surface area contributed by atoms with E-state index in [4.69, 9.17) is 11.6 Å². The number of sulfonamides is 1. The smallest absolute Gasteiger partial charge is 0.242 e. The van der Waals surface area contributed by atoms with Crippen LogP contribution in [0.3, 0.4) is 0 Å². The SMILES string of the molecule is CCc1ccccc1NC(=O)[C@@H](Cc1ccccc1)NS(=O)(=O)c1ccc(Cl)cc1. The van der Waals surface area contributed by atoms with Crippen molar-refractivity contribution in [3.05, 3.63) is 95.0 Å². The number of para-hydroxylation sites is 1. The quantitative estimate of drug-likeness (QED) is 0.541. The molecule has 0 aliphatic heterocycles. The number of carbonyl (C=O) groups excluding carboxylic acids is 1. The molecule has 0 bridgehead atoms. The highest BCUT2D eigenvalue weighted by Gasteiger charge is 2.26. The molecule has 3 aromatic carbocycles. The molecule has 0 saturated heterocycles. The third-order valence-corrected chi connectivity index (χ3v) is 6.42. The number of carbonyl (C=O) groups is 1. The normalized spacial score (nSPS) is 12.3. The molecule has 0 heterocycles. The monoisotopic (exact) mass is 442 g/mol. The van der Waals surface area contributed by atoms with E-state index in [1.807, 2.05) is 61.5 Å². The van der Waals surface area contributed by atoms with E-state index in [0.29, 0.717) is 10.7 Å². The molecule has 30 heavy (non-hydrogen) atoms. The van der Waals surface area contributed by atoms with Crippen LogP contribution < -0.4 is 10.0 Å². The maximum Gasteiger partial charge on any atom is 0.242 e. The van der Waals surface area contributed by atoms with Gasteiger partial charge in [0.25, 0.3) is 0 Å². The fourth-order valence-corrected chi connectivity index (χ4v) is 4.40. The Morgan fingerprint density at radius 2 is 1.57 bits per heavy atom. The van der Waals surface area contributed by atoms with Crippen LogP contribution in [0.4, 0.5) is 5.69 Å². The average molecular weight is 443 g/mol. The molecule has 0 spiro atoms. The predicted octanol–water partition coefficient (Wildman–Crippen LogP) is 4.43. The number of anilines is 1. The van der Waals surface area contributed by atoms with Crippen LogP contribution in [-0.4, -0.2) is 20.4 Å². The second-order valence-corrected chi connectivity index (χ2v) is 8.97. The fraction of sp³-hybridized carbons (Fsp3) is 0.174. The van der Waals surface area contributed by atoms with Crippen LogP contribution in [0.5, 0.6) is 0 Å². The average Bonchev–Trinajstić information content (AvgIpc) is 2.74. The van der Waals surface area contributed by atoms with E-state index in [1.54, 1.807) is 0 Å². The molecule has 0 aromatic heterocycles. The Morgan fingerprint density at radius 1 is 0.933 bits per heavy atom. The van der Waals surface area contributed by atoms with E-state index >= 15 is 0 Å². The third kappa shape index (κ3) is 5.69. The summed E-state index contributed by atoms with van der Waals surface area (Å²) in [5, 5.41) is 3.31. The van der Waals surface area contributed by atoms with Crippen LogP contribution in [0.25, 0.3) is 0 Å². The second-order valence-electron chi connectivity index (χ2n) is 6.82. The van der Waals surface area contributed by atoms with Crippen molar-refractivity contribution >= 4 is 33.2 Å². The summed E-state index contributed by atoms with van der Waals surface area (Å²) in [4.78, 5) is 13.1. The molecule has 0 aliphatic carbocycles. The van der Waals surface area contributed by atoms with Gasteiger partial charge in [0, 0.05) is 10.7 Å². The van der Waals surface area contributed by atoms with Crippen LogP contribution in [0.15, 0.2) is 83.8 Å². The van der Waals surface area contributed by atoms with E-state index in [9.17, 15) is 13.2 Å². The topological polar surface area (TPSA) is 75.3 Å². The first-order valence-electron chi connectivity index (χ1n) is 9.59. The van der Waals surface area contributed by atoms with E-state index < -0.39 is 22.0 Å². The third-order valence-electron chi connectivity index (χ3n) is 4.68. The summed E-state index contributed by atoms with van der Waals surface area (Å²) in [5.41, 5.74) is 2.50. The van der Waals surface area contributed by atoms with Gasteiger partial charge in [-0.15, -0.1) is 0 Å². The molecule has 0 unspecified atom stereocenters. The standard InChI is InChI=1S/C23H23ClN2O3S/c1-2-18-10-6-7-11-21(18)25-23(27)22(16-17-8-4-3-5-9-17)26-30(28,29)20-14-12-19(24)13-15-20/h3-15,22,26H,2,16H2,1H3,(H,25,27)/t22-/m1/s1. The van der Waals surface area contributed by atoms with E-state index in [-0.39, 0.29) is 11.3 Å². The number of aryl methyl sites for hydroxylation is 1. The van der Waals surface area contributed by atoms with Gasteiger partial charge in [0.2, 0.25) is 15.9 Å². The lowest BCUT2D eigenvalue weighted by Gasteiger charge is -2.20. The van der Waals surface area contributed by atoms with Gasteiger partial charge in [-0.25, -0.2) is 8.42 Å². The van der Waals surface area contributed by atoms with Crippen LogP contribution in [0, 0.1) is 0 Å². The lowest BCUT2D eigenvalue weighted by Crippen LogP contribution is -2.45. The van der Waals surface area contributed by atoms with Gasteiger partial charge >= 0.3 is 0 Å². The Balaban J connectivity index is 1.88. The van der Waals surface area contributed by atoms with Crippen molar-refractivity contribution in [2.75, 3.05) is 5.32 Å². The second kappa shape index (κ2) is 9.89. The first-order valence-corrected chi connectivity index (χ1v) is 11.5. The molecule has 0 saturated carbocycles. The summed E-state index contributed by atoms with van der Waals surface area (Å²) in [6.07, 6.45) is 0.962. The molecule has 0 fully saturated rings. The Labute approximate surface area is 182 Å². The zero-order valence-electron chi connectivity index (χ0n) is 16.5. The summed E-state index contributed by atoms with van der Waals surface area (Å²) in [7, 11) is -3.92. The molecule has 1 amide bonds. The van der Waals surface area contributed by atoms with Crippen molar-refractivity contribution in [2.24, 2.45) is 0 Å². The maximum atomic E-state index is 13.1. The molecule has 7 heteroatoms. The van der Waals surface area contributed by atoms with Crippen molar-refractivity contribution in [2.45, 2.75) is 30.7 Å². The minimum Gasteiger partial charge on any atom is -0.324 e. The van der Waals surface area contributed by atoms with E-state index in [2.05, 4.69) is 10.0 Å². The highest BCUT2D eigenvalue weighted by atomic mass is 35.5. The van der Waals surface area contributed by atoms with Gasteiger partial charge in [0.1, 0.15) is 6.04 Å². The van der Waals surface area contributed by atoms with E-state index in [1.165, 1.54) is 24.3 Å². The van der Waals surface area contributed by atoms with Gasteiger partial charge in [0.05, 0.1) is 4.90 Å². The first-order chi connectivity index (χ1) is 14.4. The van der Waals surface area contributed by atoms with Crippen LogP contribution in [0.1, 0.15) is 18.1 Å². The van der Waals surface area contributed by atoms with Gasteiger partial charge in [0.15, 0.2) is 0 Å². The summed E-state index contributed by atoms with van der Waals surface area (Å²) >= 11 is 5.86. The Hall–Kier alpha value is -2.67. The van der Waals surface area contributed by atoms with Crippen molar-refractivity contribution in [3.8, 4) is 0 Å². The lowest BCUT2D eigenvalue weighted by molar-refractivity contribution is -0.117.